The Bertz CT molecular complexity index is 142. The Labute approximate surface area is 80.5 Å². The van der Waals surface area contributed by atoms with Gasteiger partial charge in [0, 0.05) is 32.1 Å². The summed E-state index contributed by atoms with van der Waals surface area (Å²) >= 11 is 0. The van der Waals surface area contributed by atoms with E-state index < -0.39 is 0 Å². The van der Waals surface area contributed by atoms with Crippen molar-refractivity contribution in [3.8, 4) is 0 Å². The molecule has 0 aromatic rings. The van der Waals surface area contributed by atoms with Crippen LogP contribution in [0.15, 0.2) is 0 Å². The first-order valence-electron chi connectivity index (χ1n) is 4.84. The Morgan fingerprint density at radius 1 is 1.46 bits per heavy atom. The van der Waals surface area contributed by atoms with E-state index in [1.807, 2.05) is 25.8 Å². The van der Waals surface area contributed by atoms with Gasteiger partial charge in [-0.1, -0.05) is 0 Å². The van der Waals surface area contributed by atoms with Crippen molar-refractivity contribution in [1.29, 1.82) is 0 Å². The van der Waals surface area contributed by atoms with Crippen molar-refractivity contribution in [2.45, 2.75) is 26.3 Å². The van der Waals surface area contributed by atoms with Crippen LogP contribution in [0.5, 0.6) is 0 Å². The molecule has 0 bridgehead atoms. The number of nitrogens with two attached hydrogens (primary N) is 1. The molecule has 0 fully saturated rings. The third kappa shape index (κ3) is 4.24. The van der Waals surface area contributed by atoms with Gasteiger partial charge in [-0.3, -0.25) is 4.79 Å². The van der Waals surface area contributed by atoms with Crippen molar-refractivity contribution in [3.63, 3.8) is 0 Å². The van der Waals surface area contributed by atoms with Crippen LogP contribution < -0.4 is 11.1 Å². The zero-order chi connectivity index (χ0) is 10.3. The van der Waals surface area contributed by atoms with E-state index in [1.165, 1.54) is 0 Å². The predicted molar refractivity (Wildman–Crippen MR) is 54.4 cm³/mol. The number of rotatable bonds is 6. The van der Waals surface area contributed by atoms with Crippen LogP contribution in [-0.2, 0) is 4.79 Å². The minimum Gasteiger partial charge on any atom is -0.343 e. The van der Waals surface area contributed by atoms with Gasteiger partial charge in [-0.05, 0) is 20.9 Å². The van der Waals surface area contributed by atoms with Gasteiger partial charge in [0.05, 0.1) is 0 Å². The van der Waals surface area contributed by atoms with E-state index in [2.05, 4.69) is 5.32 Å². The molecular weight excluding hydrogens is 166 g/mol. The van der Waals surface area contributed by atoms with E-state index in [0.717, 1.165) is 13.1 Å². The molecule has 0 heterocycles. The lowest BCUT2D eigenvalue weighted by Crippen LogP contribution is -2.40. The van der Waals surface area contributed by atoms with Crippen molar-refractivity contribution in [1.82, 2.24) is 10.2 Å². The summed E-state index contributed by atoms with van der Waals surface area (Å²) < 4.78 is 0. The van der Waals surface area contributed by atoms with Gasteiger partial charge < -0.3 is 16.0 Å². The summed E-state index contributed by atoms with van der Waals surface area (Å²) in [6, 6.07) is 0.105. The fourth-order valence-corrected chi connectivity index (χ4v) is 1.22. The summed E-state index contributed by atoms with van der Waals surface area (Å²) in [6.07, 6.45) is 0.495. The average molecular weight is 187 g/mol. The van der Waals surface area contributed by atoms with E-state index in [4.69, 9.17) is 5.73 Å². The lowest BCUT2D eigenvalue weighted by atomic mass is 10.2. The lowest BCUT2D eigenvalue weighted by molar-refractivity contribution is -0.131. The van der Waals surface area contributed by atoms with Gasteiger partial charge in [-0.15, -0.1) is 0 Å². The third-order valence-electron chi connectivity index (χ3n) is 2.23. The van der Waals surface area contributed by atoms with Gasteiger partial charge in [0.15, 0.2) is 0 Å². The molecule has 0 radical (unpaired) electrons. The van der Waals surface area contributed by atoms with E-state index >= 15 is 0 Å². The molecule has 0 aromatic carbocycles. The molecule has 78 valence electrons. The van der Waals surface area contributed by atoms with Crippen LogP contribution in [0.4, 0.5) is 0 Å². The number of carbonyl (C=O) groups excluding carboxylic acids is 1. The molecule has 1 atom stereocenters. The maximum atomic E-state index is 11.6. The average Bonchev–Trinajstić information content (AvgIpc) is 2.16. The molecule has 1 amide bonds. The maximum Gasteiger partial charge on any atom is 0.224 e. The second kappa shape index (κ2) is 6.86. The second-order valence-corrected chi connectivity index (χ2v) is 2.99. The Morgan fingerprint density at radius 3 is 2.31 bits per heavy atom. The molecule has 0 spiro atoms. The van der Waals surface area contributed by atoms with Crippen LogP contribution >= 0.6 is 0 Å². The van der Waals surface area contributed by atoms with Gasteiger partial charge in [-0.25, -0.2) is 0 Å². The van der Waals surface area contributed by atoms with Crippen LogP contribution in [0, 0.1) is 0 Å². The number of hydrogen-bond acceptors (Lipinski definition) is 3. The summed E-state index contributed by atoms with van der Waals surface area (Å²) in [4.78, 5) is 13.4. The number of nitrogens with one attached hydrogen (secondary N) is 1. The normalized spacial score (nSPS) is 12.6. The summed E-state index contributed by atoms with van der Waals surface area (Å²) in [6.45, 7) is 6.02. The topological polar surface area (TPSA) is 58.4 Å². The first-order chi connectivity index (χ1) is 6.19. The van der Waals surface area contributed by atoms with Gasteiger partial charge in [-0.2, -0.15) is 0 Å². The number of carbonyl (C=O) groups is 1. The molecule has 13 heavy (non-hydrogen) atoms. The number of likely N-dealkylation sites (N-methyl/N-ethyl adjacent to an activating group) is 1. The largest absolute Gasteiger partial charge is 0.343 e. The molecule has 3 N–H and O–H groups in total. The van der Waals surface area contributed by atoms with E-state index in [1.54, 1.807) is 0 Å². The molecule has 1 unspecified atom stereocenters. The van der Waals surface area contributed by atoms with Crippen molar-refractivity contribution in [3.05, 3.63) is 0 Å². The number of amides is 1. The Balaban J connectivity index is 3.95. The summed E-state index contributed by atoms with van der Waals surface area (Å²) in [5, 5.41) is 3.01. The highest BCUT2D eigenvalue weighted by molar-refractivity contribution is 5.76. The first-order valence-corrected chi connectivity index (χ1v) is 4.84. The Morgan fingerprint density at radius 2 is 2.00 bits per heavy atom. The summed E-state index contributed by atoms with van der Waals surface area (Å²) in [7, 11) is 1.83. The molecule has 4 heteroatoms. The standard InChI is InChI=1S/C9H21N3O/c1-4-12(5-2)9(13)6-8(7-10)11-3/h8,11H,4-7,10H2,1-3H3. The number of nitrogens with zero attached hydrogens (tertiary/aromatic N) is 1. The molecule has 0 saturated carbocycles. The van der Waals surface area contributed by atoms with Crippen LogP contribution in [0.2, 0.25) is 0 Å². The maximum absolute atomic E-state index is 11.6. The van der Waals surface area contributed by atoms with Crippen molar-refractivity contribution >= 4 is 5.91 Å². The lowest BCUT2D eigenvalue weighted by Gasteiger charge is -2.21. The minimum atomic E-state index is 0.105. The van der Waals surface area contributed by atoms with Crippen LogP contribution in [0.3, 0.4) is 0 Å². The minimum absolute atomic E-state index is 0.105. The fourth-order valence-electron chi connectivity index (χ4n) is 1.22. The van der Waals surface area contributed by atoms with Gasteiger partial charge in [0.2, 0.25) is 5.91 Å². The molecule has 0 saturated heterocycles. The van der Waals surface area contributed by atoms with Crippen molar-refractivity contribution in [2.24, 2.45) is 5.73 Å². The quantitative estimate of drug-likeness (QED) is 0.605. The Kier molecular flexibility index (Phi) is 6.54. The molecular formula is C9H21N3O. The SMILES string of the molecule is CCN(CC)C(=O)CC(CN)NC. The van der Waals surface area contributed by atoms with E-state index in [9.17, 15) is 4.79 Å². The third-order valence-corrected chi connectivity index (χ3v) is 2.23. The fraction of sp³-hybridized carbons (Fsp3) is 0.889. The monoisotopic (exact) mass is 187 g/mol. The van der Waals surface area contributed by atoms with E-state index in [0.29, 0.717) is 13.0 Å². The zero-order valence-electron chi connectivity index (χ0n) is 8.84. The van der Waals surface area contributed by atoms with Crippen LogP contribution in [-0.4, -0.2) is 43.5 Å². The first kappa shape index (κ1) is 12.4. The van der Waals surface area contributed by atoms with Gasteiger partial charge >= 0.3 is 0 Å². The molecule has 0 aliphatic rings. The van der Waals surface area contributed by atoms with Crippen molar-refractivity contribution < 1.29 is 4.79 Å². The van der Waals surface area contributed by atoms with E-state index in [-0.39, 0.29) is 11.9 Å². The van der Waals surface area contributed by atoms with Gasteiger partial charge in [0.25, 0.3) is 0 Å². The highest BCUT2D eigenvalue weighted by atomic mass is 16.2. The zero-order valence-corrected chi connectivity index (χ0v) is 8.84. The van der Waals surface area contributed by atoms with Crippen molar-refractivity contribution in [2.75, 3.05) is 26.7 Å². The predicted octanol–water partition coefficient (Wildman–Crippen LogP) is -0.208. The molecule has 0 aromatic heterocycles. The summed E-state index contributed by atoms with van der Waals surface area (Å²) in [5.74, 6) is 0.176. The molecule has 0 aliphatic carbocycles. The number of hydrogen-bond donors (Lipinski definition) is 2. The Hall–Kier alpha value is -0.610. The van der Waals surface area contributed by atoms with Crippen LogP contribution in [0.1, 0.15) is 20.3 Å². The highest BCUT2D eigenvalue weighted by Crippen LogP contribution is 1.97. The molecule has 4 nitrogen and oxygen atoms in total. The highest BCUT2D eigenvalue weighted by Gasteiger charge is 2.14. The smallest absolute Gasteiger partial charge is 0.224 e. The van der Waals surface area contributed by atoms with Gasteiger partial charge in [0.1, 0.15) is 0 Å². The molecule has 0 aliphatic heterocycles. The second-order valence-electron chi connectivity index (χ2n) is 2.99. The summed E-state index contributed by atoms with van der Waals surface area (Å²) in [5.41, 5.74) is 5.48. The van der Waals surface area contributed by atoms with Crippen LogP contribution in [0.25, 0.3) is 0 Å². The molecule has 0 rings (SSSR count).